The Morgan fingerprint density at radius 2 is 1.65 bits per heavy atom. The van der Waals surface area contributed by atoms with Crippen molar-refractivity contribution in [1.29, 1.82) is 0 Å². The van der Waals surface area contributed by atoms with E-state index in [1.54, 1.807) is 0 Å². The zero-order chi connectivity index (χ0) is 28.2. The van der Waals surface area contributed by atoms with Gasteiger partial charge in [-0.1, -0.05) is 78.9 Å². The van der Waals surface area contributed by atoms with E-state index in [4.69, 9.17) is 8.85 Å². The molecule has 0 aromatic rings. The van der Waals surface area contributed by atoms with Crippen molar-refractivity contribution in [2.75, 3.05) is 6.61 Å². The number of fused-ring (bicyclic) bond motifs is 1. The lowest BCUT2D eigenvalue weighted by Crippen LogP contribution is -2.45. The Balaban J connectivity index is 2.41. The fourth-order valence-electron chi connectivity index (χ4n) is 4.91. The standard InChI is InChI=1S/C32H56O3Si2/c1-13-14-15-16-24(2)29(34-36(9,10)31(3,4)5)18-17-27-28-22-25(19-20-33)21-26(28)23-30(27)35-37(11,12)32(6,7)8/h21,24,26-30,33H,13,16,19-20,22-23H2,1-12H3/t24-,26-,27+,28-,29+,30+/m0/s1. The normalized spacial score (nSPS) is 25.9. The zero-order valence-corrected chi connectivity index (χ0v) is 28.0. The molecule has 2 rings (SSSR count). The summed E-state index contributed by atoms with van der Waals surface area (Å²) in [7, 11) is -3.92. The molecule has 0 radical (unpaired) electrons. The van der Waals surface area contributed by atoms with E-state index in [2.05, 4.69) is 111 Å². The van der Waals surface area contributed by atoms with Gasteiger partial charge < -0.3 is 14.0 Å². The Bertz CT molecular complexity index is 914. The van der Waals surface area contributed by atoms with Gasteiger partial charge in [0.25, 0.3) is 0 Å². The van der Waals surface area contributed by atoms with Gasteiger partial charge in [-0.25, -0.2) is 0 Å². The molecule has 1 fully saturated rings. The second-order valence-corrected chi connectivity index (χ2v) is 24.0. The van der Waals surface area contributed by atoms with Gasteiger partial charge >= 0.3 is 0 Å². The minimum Gasteiger partial charge on any atom is -0.413 e. The summed E-state index contributed by atoms with van der Waals surface area (Å²) < 4.78 is 14.0. The highest BCUT2D eigenvalue weighted by atomic mass is 28.4. The van der Waals surface area contributed by atoms with Crippen LogP contribution in [0.15, 0.2) is 11.6 Å². The summed E-state index contributed by atoms with van der Waals surface area (Å²) in [5.41, 5.74) is 1.40. The summed E-state index contributed by atoms with van der Waals surface area (Å²) in [4.78, 5) is 0. The van der Waals surface area contributed by atoms with Crippen LogP contribution in [0.5, 0.6) is 0 Å². The van der Waals surface area contributed by atoms with Crippen LogP contribution in [0, 0.1) is 47.4 Å². The lowest BCUT2D eigenvalue weighted by molar-refractivity contribution is 0.151. The molecule has 0 aromatic heterocycles. The molecule has 3 nitrogen and oxygen atoms in total. The fourth-order valence-corrected chi connectivity index (χ4v) is 7.54. The molecule has 5 heteroatoms. The van der Waals surface area contributed by atoms with Crippen LogP contribution in [0.4, 0.5) is 0 Å². The predicted molar refractivity (Wildman–Crippen MR) is 163 cm³/mol. The van der Waals surface area contributed by atoms with E-state index in [9.17, 15) is 5.11 Å². The molecule has 0 spiro atoms. The molecule has 1 N–H and O–H groups in total. The monoisotopic (exact) mass is 544 g/mol. The number of aliphatic hydroxyl groups excluding tert-OH is 1. The number of hydrogen-bond acceptors (Lipinski definition) is 3. The van der Waals surface area contributed by atoms with Crippen LogP contribution in [-0.2, 0) is 8.85 Å². The maximum absolute atomic E-state index is 9.54. The molecule has 37 heavy (non-hydrogen) atoms. The van der Waals surface area contributed by atoms with E-state index in [0.717, 1.165) is 32.1 Å². The van der Waals surface area contributed by atoms with E-state index in [1.807, 2.05) is 0 Å². The van der Waals surface area contributed by atoms with Crippen molar-refractivity contribution in [3.63, 3.8) is 0 Å². The molecule has 2 aliphatic rings. The van der Waals surface area contributed by atoms with Gasteiger partial charge in [0, 0.05) is 31.3 Å². The lowest BCUT2D eigenvalue weighted by atomic mass is 9.89. The van der Waals surface area contributed by atoms with Crippen LogP contribution in [0.2, 0.25) is 36.3 Å². The number of hydrogen-bond donors (Lipinski definition) is 1. The van der Waals surface area contributed by atoms with Crippen LogP contribution in [0.1, 0.15) is 87.5 Å². The maximum atomic E-state index is 9.54. The largest absolute Gasteiger partial charge is 0.413 e. The van der Waals surface area contributed by atoms with E-state index >= 15 is 0 Å². The minimum atomic E-state index is -2.00. The number of aliphatic hydroxyl groups is 1. The average Bonchev–Trinajstić information content (AvgIpc) is 3.26. The number of allylic oxidation sites excluding steroid dienone is 1. The first-order chi connectivity index (χ1) is 16.9. The Labute approximate surface area is 231 Å². The van der Waals surface area contributed by atoms with E-state index in [-0.39, 0.29) is 40.7 Å². The van der Waals surface area contributed by atoms with Gasteiger partial charge in [0.05, 0.1) is 6.10 Å². The highest BCUT2D eigenvalue weighted by Crippen LogP contribution is 2.50. The van der Waals surface area contributed by atoms with Crippen molar-refractivity contribution in [2.24, 2.45) is 23.7 Å². The Morgan fingerprint density at radius 1 is 1.03 bits per heavy atom. The van der Waals surface area contributed by atoms with Gasteiger partial charge in [0.1, 0.15) is 6.10 Å². The van der Waals surface area contributed by atoms with Gasteiger partial charge in [0.15, 0.2) is 16.6 Å². The van der Waals surface area contributed by atoms with Crippen LogP contribution in [0.3, 0.4) is 0 Å². The molecule has 6 atom stereocenters. The molecule has 0 aliphatic heterocycles. The van der Waals surface area contributed by atoms with Gasteiger partial charge in [0.2, 0.25) is 0 Å². The van der Waals surface area contributed by atoms with Gasteiger partial charge in [-0.15, -0.1) is 11.8 Å². The van der Waals surface area contributed by atoms with Gasteiger partial charge in [-0.05, 0) is 67.4 Å². The second-order valence-electron chi connectivity index (χ2n) is 14.5. The Kier molecular flexibility index (Phi) is 11.0. The van der Waals surface area contributed by atoms with Crippen LogP contribution < -0.4 is 0 Å². The van der Waals surface area contributed by atoms with E-state index in [1.165, 1.54) is 5.57 Å². The highest BCUT2D eigenvalue weighted by molar-refractivity contribution is 6.74. The molecular formula is C32H56O3Si2. The first kappa shape index (κ1) is 32.4. The Morgan fingerprint density at radius 3 is 2.19 bits per heavy atom. The summed E-state index contributed by atoms with van der Waals surface area (Å²) in [6, 6.07) is 0. The molecule has 2 aliphatic carbocycles. The third-order valence-electron chi connectivity index (χ3n) is 9.41. The molecule has 0 heterocycles. The number of rotatable bonds is 8. The third kappa shape index (κ3) is 8.33. The van der Waals surface area contributed by atoms with E-state index < -0.39 is 16.6 Å². The molecule has 0 amide bonds. The summed E-state index contributed by atoms with van der Waals surface area (Å²) >= 11 is 0. The summed E-state index contributed by atoms with van der Waals surface area (Å²) in [6.07, 6.45) is 7.02. The topological polar surface area (TPSA) is 38.7 Å². The molecule has 210 valence electrons. The SMILES string of the molecule is CCC#CC[C@H](C)[C@@H](C#C[C@@H]1[C@H]2CC(CCO)=C[C@H]2C[C@H]1O[Si](C)(C)C(C)(C)C)O[Si](C)(C)C(C)(C)C. The Hall–Kier alpha value is -0.826. The minimum absolute atomic E-state index is 0.120. The average molecular weight is 545 g/mol. The zero-order valence-electron chi connectivity index (χ0n) is 26.0. The molecular weight excluding hydrogens is 489 g/mol. The molecule has 0 saturated heterocycles. The lowest BCUT2D eigenvalue weighted by Gasteiger charge is -2.40. The van der Waals surface area contributed by atoms with Gasteiger partial charge in [-0.2, -0.15) is 0 Å². The first-order valence-electron chi connectivity index (χ1n) is 14.6. The maximum Gasteiger partial charge on any atom is 0.193 e. The van der Waals surface area contributed by atoms with Crippen molar-refractivity contribution in [1.82, 2.24) is 0 Å². The molecule has 0 bridgehead atoms. The molecule has 0 unspecified atom stereocenters. The van der Waals surface area contributed by atoms with Crippen molar-refractivity contribution in [3.05, 3.63) is 11.6 Å². The van der Waals surface area contributed by atoms with Crippen LogP contribution >= 0.6 is 0 Å². The molecule has 0 aromatic carbocycles. The quantitative estimate of drug-likeness (QED) is 0.190. The highest BCUT2D eigenvalue weighted by Gasteiger charge is 2.49. The van der Waals surface area contributed by atoms with Crippen molar-refractivity contribution in [2.45, 2.75) is 136 Å². The predicted octanol–water partition coefficient (Wildman–Crippen LogP) is 8.18. The van der Waals surface area contributed by atoms with Crippen molar-refractivity contribution < 1.29 is 14.0 Å². The van der Waals surface area contributed by atoms with Crippen molar-refractivity contribution in [3.8, 4) is 23.7 Å². The summed E-state index contributed by atoms with van der Waals surface area (Å²) in [5, 5.41) is 9.83. The van der Waals surface area contributed by atoms with Gasteiger partial charge in [-0.3, -0.25) is 0 Å². The third-order valence-corrected chi connectivity index (χ3v) is 18.4. The van der Waals surface area contributed by atoms with Crippen LogP contribution in [-0.4, -0.2) is 40.6 Å². The first-order valence-corrected chi connectivity index (χ1v) is 20.4. The summed E-state index contributed by atoms with van der Waals surface area (Å²) in [5.74, 6) is 15.5. The van der Waals surface area contributed by atoms with Crippen molar-refractivity contribution >= 4 is 16.6 Å². The van der Waals surface area contributed by atoms with E-state index in [0.29, 0.717) is 11.8 Å². The fraction of sp³-hybridized carbons (Fsp3) is 0.812. The summed E-state index contributed by atoms with van der Waals surface area (Å²) in [6.45, 7) is 27.8. The second kappa shape index (κ2) is 12.6. The van der Waals surface area contributed by atoms with Crippen LogP contribution in [0.25, 0.3) is 0 Å². The molecule has 1 saturated carbocycles. The smallest absolute Gasteiger partial charge is 0.193 e.